The Bertz CT molecular complexity index is 876. The largest absolute Gasteiger partial charge is 0.497 e. The molecule has 5 heteroatoms. The highest BCUT2D eigenvalue weighted by molar-refractivity contribution is 6.02. The summed E-state index contributed by atoms with van der Waals surface area (Å²) in [7, 11) is 1.65. The Balaban J connectivity index is 1.54. The summed E-state index contributed by atoms with van der Waals surface area (Å²) < 4.78 is 5.26. The van der Waals surface area contributed by atoms with E-state index in [9.17, 15) is 9.59 Å². The molecule has 0 spiro atoms. The Hall–Kier alpha value is -2.66. The van der Waals surface area contributed by atoms with Crippen molar-refractivity contribution in [3.8, 4) is 5.75 Å². The molecule has 1 saturated heterocycles. The van der Waals surface area contributed by atoms with Gasteiger partial charge in [-0.15, -0.1) is 0 Å². The van der Waals surface area contributed by atoms with Gasteiger partial charge in [0.2, 0.25) is 5.91 Å². The lowest BCUT2D eigenvalue weighted by atomic mass is 9.82. The Kier molecular flexibility index (Phi) is 5.44. The lowest BCUT2D eigenvalue weighted by Gasteiger charge is -2.25. The molecule has 1 fully saturated rings. The van der Waals surface area contributed by atoms with Crippen molar-refractivity contribution in [1.82, 2.24) is 5.32 Å². The van der Waals surface area contributed by atoms with Crippen LogP contribution in [-0.4, -0.2) is 31.9 Å². The first-order valence-corrected chi connectivity index (χ1v) is 9.97. The maximum atomic E-state index is 13.2. The molecule has 1 aliphatic heterocycles. The molecule has 0 saturated carbocycles. The van der Waals surface area contributed by atoms with Crippen molar-refractivity contribution in [1.29, 1.82) is 0 Å². The van der Waals surface area contributed by atoms with E-state index in [2.05, 4.69) is 22.8 Å². The zero-order chi connectivity index (χ0) is 19.5. The highest BCUT2D eigenvalue weighted by Gasteiger charge is 2.31. The van der Waals surface area contributed by atoms with E-state index in [1.165, 1.54) is 0 Å². The number of carbonyl (C=O) groups is 2. The van der Waals surface area contributed by atoms with E-state index in [1.807, 2.05) is 30.3 Å². The molecule has 4 rings (SSSR count). The molecule has 0 unspecified atom stereocenters. The summed E-state index contributed by atoms with van der Waals surface area (Å²) in [6.07, 6.45) is 3.07. The first-order chi connectivity index (χ1) is 13.7. The molecule has 0 aromatic heterocycles. The fourth-order valence-corrected chi connectivity index (χ4v) is 4.36. The van der Waals surface area contributed by atoms with E-state index in [-0.39, 0.29) is 23.5 Å². The van der Waals surface area contributed by atoms with Crippen LogP contribution in [-0.2, 0) is 11.2 Å². The van der Waals surface area contributed by atoms with E-state index >= 15 is 0 Å². The van der Waals surface area contributed by atoms with Gasteiger partial charge in [-0.05, 0) is 73.7 Å². The minimum Gasteiger partial charge on any atom is -0.497 e. The van der Waals surface area contributed by atoms with Crippen LogP contribution >= 0.6 is 0 Å². The van der Waals surface area contributed by atoms with Crippen LogP contribution in [0.2, 0.25) is 0 Å². The summed E-state index contributed by atoms with van der Waals surface area (Å²) in [6, 6.07) is 13.7. The smallest absolute Gasteiger partial charge is 0.228 e. The van der Waals surface area contributed by atoms with Gasteiger partial charge in [-0.2, -0.15) is 0 Å². The van der Waals surface area contributed by atoms with Crippen LogP contribution in [0.5, 0.6) is 5.75 Å². The lowest BCUT2D eigenvalue weighted by Crippen LogP contribution is -2.28. The van der Waals surface area contributed by atoms with Crippen LogP contribution in [0.25, 0.3) is 0 Å². The molecule has 1 heterocycles. The summed E-state index contributed by atoms with van der Waals surface area (Å²) >= 11 is 0. The number of aryl methyl sites for hydroxylation is 1. The Labute approximate surface area is 165 Å². The van der Waals surface area contributed by atoms with Crippen molar-refractivity contribution < 1.29 is 14.3 Å². The van der Waals surface area contributed by atoms with Gasteiger partial charge in [0, 0.05) is 23.6 Å². The van der Waals surface area contributed by atoms with E-state index in [1.54, 1.807) is 7.11 Å². The standard InChI is InChI=1S/C23H26N2O3/c1-28-18-7-3-15(4-8-18)19-10-12-24-13-11-20(19)23(27)25-17-6-2-16-5-9-22(26)21(16)14-17/h2-4,6-8,14,19-20,24H,5,9-13H2,1H3,(H,25,27)/t19-,20+/m1/s1. The van der Waals surface area contributed by atoms with Crippen molar-refractivity contribution in [2.75, 3.05) is 25.5 Å². The van der Waals surface area contributed by atoms with Gasteiger partial charge in [0.1, 0.15) is 5.75 Å². The zero-order valence-electron chi connectivity index (χ0n) is 16.2. The van der Waals surface area contributed by atoms with Crippen LogP contribution in [0.15, 0.2) is 42.5 Å². The van der Waals surface area contributed by atoms with Crippen LogP contribution < -0.4 is 15.4 Å². The normalized spacial score (nSPS) is 21.7. The molecule has 2 aromatic rings. The summed E-state index contributed by atoms with van der Waals surface area (Å²) in [5, 5.41) is 6.48. The number of benzene rings is 2. The zero-order valence-corrected chi connectivity index (χ0v) is 16.2. The first kappa shape index (κ1) is 18.7. The van der Waals surface area contributed by atoms with Gasteiger partial charge in [0.25, 0.3) is 0 Å². The number of carbonyl (C=O) groups excluding carboxylic acids is 2. The molecule has 2 aliphatic rings. The third kappa shape index (κ3) is 3.80. The highest BCUT2D eigenvalue weighted by Crippen LogP contribution is 2.34. The quantitative estimate of drug-likeness (QED) is 0.854. The van der Waals surface area contributed by atoms with Crippen molar-refractivity contribution in [2.45, 2.75) is 31.6 Å². The molecule has 0 radical (unpaired) electrons. The number of anilines is 1. The molecule has 28 heavy (non-hydrogen) atoms. The molecule has 0 bridgehead atoms. The third-order valence-corrected chi connectivity index (χ3v) is 5.93. The number of ketones is 1. The monoisotopic (exact) mass is 378 g/mol. The number of hydrogen-bond donors (Lipinski definition) is 2. The van der Waals surface area contributed by atoms with E-state index in [4.69, 9.17) is 4.74 Å². The summed E-state index contributed by atoms with van der Waals surface area (Å²) in [5.74, 6) is 1.04. The lowest BCUT2D eigenvalue weighted by molar-refractivity contribution is -0.120. The third-order valence-electron chi connectivity index (χ3n) is 5.93. The number of ether oxygens (including phenoxy) is 1. The average molecular weight is 378 g/mol. The molecular formula is C23H26N2O3. The SMILES string of the molecule is COc1ccc([C@H]2CCNCC[C@@H]2C(=O)Nc2ccc3c(c2)C(=O)CC3)cc1. The number of nitrogens with one attached hydrogen (secondary N) is 2. The summed E-state index contributed by atoms with van der Waals surface area (Å²) in [6.45, 7) is 1.72. The Morgan fingerprint density at radius 3 is 2.64 bits per heavy atom. The molecule has 146 valence electrons. The average Bonchev–Trinajstić information content (AvgIpc) is 2.93. The van der Waals surface area contributed by atoms with Crippen LogP contribution in [0.3, 0.4) is 0 Å². The number of Topliss-reactive ketones (excluding diaryl/α,β-unsaturated/α-hetero) is 1. The van der Waals surface area contributed by atoms with Gasteiger partial charge in [0.15, 0.2) is 5.78 Å². The van der Waals surface area contributed by atoms with Crippen molar-refractivity contribution >= 4 is 17.4 Å². The van der Waals surface area contributed by atoms with Crippen LogP contribution in [0.1, 0.15) is 46.7 Å². The number of fused-ring (bicyclic) bond motifs is 1. The van der Waals surface area contributed by atoms with Crippen molar-refractivity contribution in [3.05, 3.63) is 59.2 Å². The fraction of sp³-hybridized carbons (Fsp3) is 0.391. The van der Waals surface area contributed by atoms with Gasteiger partial charge in [-0.3, -0.25) is 9.59 Å². The molecule has 2 aromatic carbocycles. The van der Waals surface area contributed by atoms with Crippen LogP contribution in [0, 0.1) is 5.92 Å². The van der Waals surface area contributed by atoms with Crippen molar-refractivity contribution in [3.63, 3.8) is 0 Å². The number of amides is 1. The van der Waals surface area contributed by atoms with Gasteiger partial charge in [0.05, 0.1) is 7.11 Å². The first-order valence-electron chi connectivity index (χ1n) is 9.97. The summed E-state index contributed by atoms with van der Waals surface area (Å²) in [5.41, 5.74) is 3.71. The van der Waals surface area contributed by atoms with Gasteiger partial charge < -0.3 is 15.4 Å². The Morgan fingerprint density at radius 2 is 1.86 bits per heavy atom. The molecule has 1 aliphatic carbocycles. The van der Waals surface area contributed by atoms with Gasteiger partial charge in [-0.25, -0.2) is 0 Å². The van der Waals surface area contributed by atoms with E-state index in [0.29, 0.717) is 12.1 Å². The van der Waals surface area contributed by atoms with E-state index in [0.717, 1.165) is 54.8 Å². The highest BCUT2D eigenvalue weighted by atomic mass is 16.5. The second-order valence-corrected chi connectivity index (χ2v) is 7.60. The number of rotatable bonds is 4. The second kappa shape index (κ2) is 8.15. The van der Waals surface area contributed by atoms with Gasteiger partial charge >= 0.3 is 0 Å². The second-order valence-electron chi connectivity index (χ2n) is 7.60. The minimum absolute atomic E-state index is 0.0231. The predicted molar refractivity (Wildman–Crippen MR) is 109 cm³/mol. The van der Waals surface area contributed by atoms with E-state index < -0.39 is 0 Å². The predicted octanol–water partition coefficient (Wildman–Crippen LogP) is 3.55. The van der Waals surface area contributed by atoms with Gasteiger partial charge in [-0.1, -0.05) is 18.2 Å². The fourth-order valence-electron chi connectivity index (χ4n) is 4.36. The number of methoxy groups -OCH3 is 1. The molecular weight excluding hydrogens is 352 g/mol. The summed E-state index contributed by atoms with van der Waals surface area (Å²) in [4.78, 5) is 25.2. The molecule has 2 N–H and O–H groups in total. The van der Waals surface area contributed by atoms with Crippen LogP contribution in [0.4, 0.5) is 5.69 Å². The maximum absolute atomic E-state index is 13.2. The maximum Gasteiger partial charge on any atom is 0.228 e. The number of hydrogen-bond acceptors (Lipinski definition) is 4. The molecule has 5 nitrogen and oxygen atoms in total. The molecule has 2 atom stereocenters. The molecule has 1 amide bonds. The minimum atomic E-state index is -0.118. The Morgan fingerprint density at radius 1 is 1.07 bits per heavy atom. The topological polar surface area (TPSA) is 67.4 Å². The van der Waals surface area contributed by atoms with Crippen molar-refractivity contribution in [2.24, 2.45) is 5.92 Å².